The minimum absolute atomic E-state index is 0.673. The molecule has 0 amide bonds. The number of para-hydroxylation sites is 1. The largest absolute Gasteiger partial charge is 0.452 e. The summed E-state index contributed by atoms with van der Waals surface area (Å²) in [5.41, 5.74) is 13.6. The molecule has 0 radical (unpaired) electrons. The summed E-state index contributed by atoms with van der Waals surface area (Å²) in [6, 6.07) is 46.4. The van der Waals surface area contributed by atoms with Gasteiger partial charge in [0.15, 0.2) is 11.4 Å². The number of hydrogen-bond donors (Lipinski definition) is 0. The lowest BCUT2D eigenvalue weighted by molar-refractivity contribution is 0.667. The van der Waals surface area contributed by atoms with E-state index in [4.69, 9.17) is 24.4 Å². The van der Waals surface area contributed by atoms with E-state index in [-0.39, 0.29) is 0 Å². The number of benzene rings is 5. The molecular formula is C44H32N4O. The first-order valence-electron chi connectivity index (χ1n) is 16.8. The molecule has 4 heterocycles. The minimum atomic E-state index is 0.673. The Labute approximate surface area is 284 Å². The standard InChI is InChI=1S/C44H32N4O/c1-3-33-22-20-27-21-23-35-37(26-34(4-2)46-41(35)39(27)45-33)31-16-10-14-29(24-31)30-15-11-17-32(25-30)40-43-42(36-18-8-9-19-38(36)49-43)48-44(47-40)28-12-6-5-7-13-28/h5-26H,3-4H2,1-2H3. The SMILES string of the molecule is CCc1ccc2ccc3c(-c4cccc(-c5cccc(-c6nc(-c7ccccc7)nc7c6oc6ccccc67)c5)c4)cc(CC)nc3c2n1. The van der Waals surface area contributed by atoms with Gasteiger partial charge in [-0.05, 0) is 71.5 Å². The number of hydrogen-bond acceptors (Lipinski definition) is 5. The fourth-order valence-electron chi connectivity index (χ4n) is 6.80. The molecule has 0 atom stereocenters. The van der Waals surface area contributed by atoms with Gasteiger partial charge >= 0.3 is 0 Å². The van der Waals surface area contributed by atoms with Crippen molar-refractivity contribution in [3.05, 3.63) is 145 Å². The van der Waals surface area contributed by atoms with E-state index in [2.05, 4.69) is 98.8 Å². The van der Waals surface area contributed by atoms with Crippen LogP contribution in [0.15, 0.2) is 138 Å². The number of pyridine rings is 2. The summed E-state index contributed by atoms with van der Waals surface area (Å²) in [6.07, 6.45) is 1.73. The maximum absolute atomic E-state index is 6.42. The van der Waals surface area contributed by atoms with Gasteiger partial charge in [-0.2, -0.15) is 0 Å². The summed E-state index contributed by atoms with van der Waals surface area (Å²) in [5.74, 6) is 0.673. The van der Waals surface area contributed by atoms with E-state index in [1.807, 2.05) is 48.5 Å². The summed E-state index contributed by atoms with van der Waals surface area (Å²) in [7, 11) is 0. The third-order valence-corrected chi connectivity index (χ3v) is 9.37. The number of nitrogens with zero attached hydrogens (tertiary/aromatic N) is 4. The molecule has 4 aromatic heterocycles. The van der Waals surface area contributed by atoms with Gasteiger partial charge in [0.1, 0.15) is 16.8 Å². The first kappa shape index (κ1) is 29.0. The molecule has 0 saturated carbocycles. The highest BCUT2D eigenvalue weighted by atomic mass is 16.3. The van der Waals surface area contributed by atoms with Crippen LogP contribution in [0, 0.1) is 0 Å². The van der Waals surface area contributed by atoms with E-state index in [1.165, 1.54) is 0 Å². The van der Waals surface area contributed by atoms with Gasteiger partial charge in [-0.15, -0.1) is 0 Å². The number of rotatable bonds is 6. The van der Waals surface area contributed by atoms with Crippen LogP contribution in [0.4, 0.5) is 0 Å². The molecule has 5 nitrogen and oxygen atoms in total. The molecular weight excluding hydrogens is 601 g/mol. The first-order valence-corrected chi connectivity index (χ1v) is 16.8. The maximum atomic E-state index is 6.42. The summed E-state index contributed by atoms with van der Waals surface area (Å²) in [4.78, 5) is 20.2. The average Bonchev–Trinajstić information content (AvgIpc) is 3.56. The molecule has 49 heavy (non-hydrogen) atoms. The van der Waals surface area contributed by atoms with Crippen LogP contribution < -0.4 is 0 Å². The van der Waals surface area contributed by atoms with Crippen LogP contribution in [-0.4, -0.2) is 19.9 Å². The molecule has 0 N–H and O–H groups in total. The molecule has 0 bridgehead atoms. The Morgan fingerprint density at radius 3 is 1.96 bits per heavy atom. The molecule has 5 heteroatoms. The van der Waals surface area contributed by atoms with Gasteiger partial charge in [0.05, 0.1) is 11.0 Å². The predicted molar refractivity (Wildman–Crippen MR) is 200 cm³/mol. The van der Waals surface area contributed by atoms with E-state index >= 15 is 0 Å². The quantitative estimate of drug-likeness (QED) is 0.171. The van der Waals surface area contributed by atoms with Crippen molar-refractivity contribution in [1.82, 2.24) is 19.9 Å². The molecule has 9 aromatic rings. The molecule has 0 aliphatic rings. The van der Waals surface area contributed by atoms with Crippen LogP contribution in [0.5, 0.6) is 0 Å². The van der Waals surface area contributed by atoms with Crippen LogP contribution in [-0.2, 0) is 12.8 Å². The summed E-state index contributed by atoms with van der Waals surface area (Å²) < 4.78 is 6.42. The van der Waals surface area contributed by atoms with Crippen molar-refractivity contribution in [2.45, 2.75) is 26.7 Å². The third kappa shape index (κ3) is 5.02. The van der Waals surface area contributed by atoms with Crippen molar-refractivity contribution in [3.63, 3.8) is 0 Å². The molecule has 0 saturated heterocycles. The van der Waals surface area contributed by atoms with Gasteiger partial charge in [0.2, 0.25) is 0 Å². The van der Waals surface area contributed by atoms with Gasteiger partial charge in [-0.1, -0.05) is 111 Å². The van der Waals surface area contributed by atoms with E-state index in [0.717, 1.165) is 102 Å². The van der Waals surface area contributed by atoms with E-state index < -0.39 is 0 Å². The van der Waals surface area contributed by atoms with Gasteiger partial charge in [0.25, 0.3) is 0 Å². The number of furan rings is 1. The second-order valence-corrected chi connectivity index (χ2v) is 12.4. The predicted octanol–water partition coefficient (Wildman–Crippen LogP) is 11.3. The van der Waals surface area contributed by atoms with E-state index in [9.17, 15) is 0 Å². The molecule has 0 aliphatic carbocycles. The monoisotopic (exact) mass is 632 g/mol. The first-order chi connectivity index (χ1) is 24.2. The highest BCUT2D eigenvalue weighted by molar-refractivity contribution is 6.09. The molecule has 0 unspecified atom stereocenters. The number of aromatic nitrogens is 4. The average molecular weight is 633 g/mol. The van der Waals surface area contributed by atoms with E-state index in [1.54, 1.807) is 0 Å². The van der Waals surface area contributed by atoms with Crippen LogP contribution in [0.3, 0.4) is 0 Å². The highest BCUT2D eigenvalue weighted by Gasteiger charge is 2.19. The summed E-state index contributed by atoms with van der Waals surface area (Å²) >= 11 is 0. The smallest absolute Gasteiger partial charge is 0.180 e. The van der Waals surface area contributed by atoms with Crippen molar-refractivity contribution < 1.29 is 4.42 Å². The van der Waals surface area contributed by atoms with Crippen molar-refractivity contribution in [3.8, 4) is 44.9 Å². The Morgan fingerprint density at radius 1 is 0.469 bits per heavy atom. The van der Waals surface area contributed by atoms with Crippen molar-refractivity contribution in [2.24, 2.45) is 0 Å². The molecule has 9 rings (SSSR count). The molecule has 0 aliphatic heterocycles. The molecule has 0 fully saturated rings. The lowest BCUT2D eigenvalue weighted by Crippen LogP contribution is -1.96. The van der Waals surface area contributed by atoms with Crippen molar-refractivity contribution >= 4 is 43.9 Å². The third-order valence-electron chi connectivity index (χ3n) is 9.37. The Kier molecular flexibility index (Phi) is 6.98. The highest BCUT2D eigenvalue weighted by Crippen LogP contribution is 2.38. The normalized spacial score (nSPS) is 11.6. The zero-order chi connectivity index (χ0) is 32.9. The maximum Gasteiger partial charge on any atom is 0.180 e. The van der Waals surface area contributed by atoms with Crippen molar-refractivity contribution in [2.75, 3.05) is 0 Å². The summed E-state index contributed by atoms with van der Waals surface area (Å²) in [6.45, 7) is 4.30. The zero-order valence-corrected chi connectivity index (χ0v) is 27.3. The second kappa shape index (κ2) is 11.8. The topological polar surface area (TPSA) is 64.7 Å². The Balaban J connectivity index is 1.20. The van der Waals surface area contributed by atoms with E-state index in [0.29, 0.717) is 11.4 Å². The van der Waals surface area contributed by atoms with Crippen LogP contribution in [0.2, 0.25) is 0 Å². The molecule has 5 aromatic carbocycles. The zero-order valence-electron chi connectivity index (χ0n) is 27.3. The van der Waals surface area contributed by atoms with Gasteiger partial charge in [0, 0.05) is 38.7 Å². The van der Waals surface area contributed by atoms with Crippen LogP contribution in [0.1, 0.15) is 25.2 Å². The minimum Gasteiger partial charge on any atom is -0.452 e. The van der Waals surface area contributed by atoms with Gasteiger partial charge in [-0.3, -0.25) is 9.97 Å². The van der Waals surface area contributed by atoms with Crippen LogP contribution >= 0.6 is 0 Å². The Morgan fingerprint density at radius 2 is 1.14 bits per heavy atom. The Hall–Kier alpha value is -6.20. The van der Waals surface area contributed by atoms with Crippen LogP contribution in [0.25, 0.3) is 88.8 Å². The lowest BCUT2D eigenvalue weighted by atomic mass is 9.94. The molecule has 234 valence electrons. The molecule has 0 spiro atoms. The summed E-state index contributed by atoms with van der Waals surface area (Å²) in [5, 5.41) is 3.20. The second-order valence-electron chi connectivity index (χ2n) is 12.4. The lowest BCUT2D eigenvalue weighted by Gasteiger charge is -2.13. The number of aryl methyl sites for hydroxylation is 2. The van der Waals surface area contributed by atoms with Gasteiger partial charge in [-0.25, -0.2) is 9.97 Å². The van der Waals surface area contributed by atoms with Crippen molar-refractivity contribution in [1.29, 1.82) is 0 Å². The number of fused-ring (bicyclic) bond motifs is 6. The van der Waals surface area contributed by atoms with Gasteiger partial charge < -0.3 is 4.42 Å². The fourth-order valence-corrected chi connectivity index (χ4v) is 6.80. The fraction of sp³-hybridized carbons (Fsp3) is 0.0909. The Bertz CT molecular complexity index is 2690.